The molecule has 1 aliphatic carbocycles. The van der Waals surface area contributed by atoms with Crippen LogP contribution in [-0.2, 0) is 9.59 Å². The van der Waals surface area contributed by atoms with Gasteiger partial charge in [0.25, 0.3) is 0 Å². The van der Waals surface area contributed by atoms with Gasteiger partial charge in [-0.2, -0.15) is 0 Å². The van der Waals surface area contributed by atoms with Crippen molar-refractivity contribution >= 4 is 18.0 Å². The van der Waals surface area contributed by atoms with Gasteiger partial charge in [-0.15, -0.1) is 0 Å². The standard InChI is InChI=1S/C14H17NO4/c1-10-2-5-12(19-10)6-7-13(16)15(9-14(17)18)8-11-3-4-11/h2,5-7,11H,3-4,8-9H2,1H3,(H,17,18)/b7-6+. The smallest absolute Gasteiger partial charge is 0.323 e. The highest BCUT2D eigenvalue weighted by molar-refractivity contribution is 5.93. The fourth-order valence-corrected chi connectivity index (χ4v) is 1.81. The molecule has 5 nitrogen and oxygen atoms in total. The molecule has 19 heavy (non-hydrogen) atoms. The maximum absolute atomic E-state index is 12.0. The molecule has 5 heteroatoms. The second kappa shape index (κ2) is 5.73. The quantitative estimate of drug-likeness (QED) is 0.796. The number of nitrogens with zero attached hydrogens (tertiary/aromatic N) is 1. The molecule has 2 rings (SSSR count). The molecule has 1 heterocycles. The molecule has 0 radical (unpaired) electrons. The maximum atomic E-state index is 12.0. The molecule has 1 N–H and O–H groups in total. The minimum Gasteiger partial charge on any atom is -0.480 e. The number of carboxylic acid groups (broad SMARTS) is 1. The van der Waals surface area contributed by atoms with Crippen LogP contribution in [0.15, 0.2) is 22.6 Å². The van der Waals surface area contributed by atoms with Crippen molar-refractivity contribution in [2.75, 3.05) is 13.1 Å². The Morgan fingerprint density at radius 3 is 2.74 bits per heavy atom. The van der Waals surface area contributed by atoms with Crippen molar-refractivity contribution < 1.29 is 19.1 Å². The van der Waals surface area contributed by atoms with Crippen LogP contribution >= 0.6 is 0 Å². The van der Waals surface area contributed by atoms with E-state index in [-0.39, 0.29) is 12.5 Å². The van der Waals surface area contributed by atoms with Crippen LogP contribution < -0.4 is 0 Å². The van der Waals surface area contributed by atoms with E-state index in [1.807, 2.05) is 13.0 Å². The summed E-state index contributed by atoms with van der Waals surface area (Å²) in [5.74, 6) is 0.544. The summed E-state index contributed by atoms with van der Waals surface area (Å²) in [6.07, 6.45) is 5.08. The van der Waals surface area contributed by atoms with E-state index in [1.54, 1.807) is 12.1 Å². The van der Waals surface area contributed by atoms with Crippen LogP contribution in [-0.4, -0.2) is 35.0 Å². The third kappa shape index (κ3) is 4.28. The zero-order valence-corrected chi connectivity index (χ0v) is 10.8. The molecule has 0 atom stereocenters. The first-order valence-electron chi connectivity index (χ1n) is 6.30. The van der Waals surface area contributed by atoms with Crippen molar-refractivity contribution in [2.45, 2.75) is 19.8 Å². The van der Waals surface area contributed by atoms with Crippen molar-refractivity contribution in [1.29, 1.82) is 0 Å². The van der Waals surface area contributed by atoms with Crippen molar-refractivity contribution in [3.05, 3.63) is 29.7 Å². The normalized spacial score (nSPS) is 14.8. The summed E-state index contributed by atoms with van der Waals surface area (Å²) in [4.78, 5) is 24.1. The van der Waals surface area contributed by atoms with Crippen LogP contribution in [0.25, 0.3) is 6.08 Å². The van der Waals surface area contributed by atoms with Gasteiger partial charge in [-0.05, 0) is 43.9 Å². The number of aliphatic carboxylic acids is 1. The molecule has 1 fully saturated rings. The topological polar surface area (TPSA) is 70.8 Å². The van der Waals surface area contributed by atoms with Gasteiger partial charge in [0.2, 0.25) is 5.91 Å². The van der Waals surface area contributed by atoms with Gasteiger partial charge >= 0.3 is 5.97 Å². The van der Waals surface area contributed by atoms with Gasteiger partial charge in [-0.1, -0.05) is 0 Å². The lowest BCUT2D eigenvalue weighted by molar-refractivity contribution is -0.142. The number of hydrogen-bond donors (Lipinski definition) is 1. The second-order valence-electron chi connectivity index (χ2n) is 4.84. The van der Waals surface area contributed by atoms with E-state index in [1.165, 1.54) is 11.0 Å². The minimum atomic E-state index is -0.990. The SMILES string of the molecule is Cc1ccc(/C=C/C(=O)N(CC(=O)O)CC2CC2)o1. The van der Waals surface area contributed by atoms with E-state index in [0.717, 1.165) is 18.6 Å². The Labute approximate surface area is 111 Å². The summed E-state index contributed by atoms with van der Waals surface area (Å²) in [5, 5.41) is 8.82. The number of amides is 1. The monoisotopic (exact) mass is 263 g/mol. The molecule has 102 valence electrons. The van der Waals surface area contributed by atoms with E-state index in [0.29, 0.717) is 18.2 Å². The Kier molecular flexibility index (Phi) is 4.04. The van der Waals surface area contributed by atoms with Gasteiger partial charge in [0, 0.05) is 12.6 Å². The number of carboxylic acids is 1. The zero-order valence-electron chi connectivity index (χ0n) is 10.8. The maximum Gasteiger partial charge on any atom is 0.323 e. The predicted molar refractivity (Wildman–Crippen MR) is 69.4 cm³/mol. The van der Waals surface area contributed by atoms with E-state index >= 15 is 0 Å². The number of carbonyl (C=O) groups excluding carboxylic acids is 1. The molecule has 0 aromatic carbocycles. The fourth-order valence-electron chi connectivity index (χ4n) is 1.81. The largest absolute Gasteiger partial charge is 0.480 e. The van der Waals surface area contributed by atoms with Crippen LogP contribution in [0.4, 0.5) is 0 Å². The Hall–Kier alpha value is -2.04. The molecule has 0 saturated heterocycles. The van der Waals surface area contributed by atoms with Gasteiger partial charge < -0.3 is 14.4 Å². The third-order valence-electron chi connectivity index (χ3n) is 2.96. The van der Waals surface area contributed by atoms with Gasteiger partial charge in [-0.3, -0.25) is 9.59 Å². The van der Waals surface area contributed by atoms with E-state index in [4.69, 9.17) is 9.52 Å². The minimum absolute atomic E-state index is 0.253. The summed E-state index contributed by atoms with van der Waals surface area (Å²) >= 11 is 0. The molecule has 0 bridgehead atoms. The van der Waals surface area contributed by atoms with Crippen LogP contribution in [0.2, 0.25) is 0 Å². The first-order chi connectivity index (χ1) is 9.04. The van der Waals surface area contributed by atoms with Gasteiger partial charge in [0.05, 0.1) is 0 Å². The lowest BCUT2D eigenvalue weighted by Crippen LogP contribution is -2.36. The van der Waals surface area contributed by atoms with E-state index in [2.05, 4.69) is 0 Å². The summed E-state index contributed by atoms with van der Waals surface area (Å²) < 4.78 is 5.31. The van der Waals surface area contributed by atoms with Crippen LogP contribution in [0.1, 0.15) is 24.4 Å². The number of carbonyl (C=O) groups is 2. The summed E-state index contributed by atoms with van der Waals surface area (Å²) in [6, 6.07) is 3.57. The van der Waals surface area contributed by atoms with Crippen LogP contribution in [0.5, 0.6) is 0 Å². The molecule has 1 aromatic rings. The first kappa shape index (κ1) is 13.4. The van der Waals surface area contributed by atoms with Crippen LogP contribution in [0.3, 0.4) is 0 Å². The van der Waals surface area contributed by atoms with Crippen molar-refractivity contribution in [2.24, 2.45) is 5.92 Å². The Morgan fingerprint density at radius 1 is 1.47 bits per heavy atom. The van der Waals surface area contributed by atoms with Crippen molar-refractivity contribution in [3.8, 4) is 0 Å². The molecule has 1 amide bonds. The summed E-state index contributed by atoms with van der Waals surface area (Å²) in [6.45, 7) is 2.09. The molecule has 0 spiro atoms. The van der Waals surface area contributed by atoms with Gasteiger partial charge in [0.1, 0.15) is 18.1 Å². The third-order valence-corrected chi connectivity index (χ3v) is 2.96. The average Bonchev–Trinajstić information content (AvgIpc) is 3.06. The second-order valence-corrected chi connectivity index (χ2v) is 4.84. The average molecular weight is 263 g/mol. The lowest BCUT2D eigenvalue weighted by Gasteiger charge is -2.18. The Morgan fingerprint density at radius 2 is 2.21 bits per heavy atom. The highest BCUT2D eigenvalue weighted by atomic mass is 16.4. The number of hydrogen-bond acceptors (Lipinski definition) is 3. The van der Waals surface area contributed by atoms with E-state index in [9.17, 15) is 9.59 Å². The molecule has 0 aliphatic heterocycles. The molecule has 1 aromatic heterocycles. The molecular weight excluding hydrogens is 246 g/mol. The first-order valence-corrected chi connectivity index (χ1v) is 6.30. The zero-order chi connectivity index (χ0) is 13.8. The predicted octanol–water partition coefficient (Wildman–Crippen LogP) is 1.92. The Bertz CT molecular complexity index is 499. The molecule has 0 unspecified atom stereocenters. The summed E-state index contributed by atoms with van der Waals surface area (Å²) in [7, 11) is 0. The highest BCUT2D eigenvalue weighted by Crippen LogP contribution is 2.29. The van der Waals surface area contributed by atoms with Gasteiger partial charge in [0.15, 0.2) is 0 Å². The van der Waals surface area contributed by atoms with Crippen molar-refractivity contribution in [1.82, 2.24) is 4.90 Å². The summed E-state index contributed by atoms with van der Waals surface area (Å²) in [5.41, 5.74) is 0. The number of furan rings is 1. The highest BCUT2D eigenvalue weighted by Gasteiger charge is 2.27. The van der Waals surface area contributed by atoms with Crippen LogP contribution in [0, 0.1) is 12.8 Å². The number of rotatable bonds is 6. The number of aryl methyl sites for hydroxylation is 1. The molecule has 1 saturated carbocycles. The molecular formula is C14H17NO4. The molecule has 1 aliphatic rings. The Balaban J connectivity index is 1.97. The van der Waals surface area contributed by atoms with Crippen molar-refractivity contribution in [3.63, 3.8) is 0 Å². The fraction of sp³-hybridized carbons (Fsp3) is 0.429. The van der Waals surface area contributed by atoms with E-state index < -0.39 is 5.97 Å². The van der Waals surface area contributed by atoms with Gasteiger partial charge in [-0.25, -0.2) is 0 Å². The lowest BCUT2D eigenvalue weighted by atomic mass is 10.3.